The van der Waals surface area contributed by atoms with Gasteiger partial charge in [-0.05, 0) is 18.9 Å². The molecule has 2 rings (SSSR count). The standard InChI is InChI=1S/C12H14N2OS/c13-5-1-2-9-6-11(16-8-9)7-14-12(15)10-3-4-10/h6,8,10H,3-5,7,13H2,(H,14,15). The van der Waals surface area contributed by atoms with Gasteiger partial charge in [-0.1, -0.05) is 11.8 Å². The smallest absolute Gasteiger partial charge is 0.223 e. The third-order valence-corrected chi connectivity index (χ3v) is 3.31. The molecule has 1 aliphatic carbocycles. The molecule has 1 saturated carbocycles. The zero-order valence-corrected chi connectivity index (χ0v) is 9.77. The molecule has 16 heavy (non-hydrogen) atoms. The molecule has 0 aliphatic heterocycles. The number of hydrogen-bond donors (Lipinski definition) is 2. The molecule has 0 atom stereocenters. The van der Waals surface area contributed by atoms with Crippen molar-refractivity contribution in [3.05, 3.63) is 21.9 Å². The van der Waals surface area contributed by atoms with Crippen molar-refractivity contribution in [3.63, 3.8) is 0 Å². The Kier molecular flexibility index (Phi) is 3.60. The van der Waals surface area contributed by atoms with E-state index in [-0.39, 0.29) is 11.8 Å². The van der Waals surface area contributed by atoms with Gasteiger partial charge in [-0.2, -0.15) is 0 Å². The van der Waals surface area contributed by atoms with Crippen molar-refractivity contribution in [3.8, 4) is 11.8 Å². The minimum atomic E-state index is 0.183. The van der Waals surface area contributed by atoms with Crippen LogP contribution in [0.3, 0.4) is 0 Å². The van der Waals surface area contributed by atoms with Gasteiger partial charge in [0, 0.05) is 21.7 Å². The molecule has 1 aromatic rings. The number of hydrogen-bond acceptors (Lipinski definition) is 3. The normalized spacial score (nSPS) is 14.1. The highest BCUT2D eigenvalue weighted by Gasteiger charge is 2.29. The molecule has 1 fully saturated rings. The molecule has 84 valence electrons. The number of rotatable bonds is 3. The Labute approximate surface area is 99.0 Å². The van der Waals surface area contributed by atoms with Crippen LogP contribution >= 0.6 is 11.3 Å². The molecule has 1 heterocycles. The summed E-state index contributed by atoms with van der Waals surface area (Å²) in [7, 11) is 0. The summed E-state index contributed by atoms with van der Waals surface area (Å²) in [6.07, 6.45) is 2.09. The van der Waals surface area contributed by atoms with Crippen LogP contribution in [-0.4, -0.2) is 12.5 Å². The van der Waals surface area contributed by atoms with Crippen LogP contribution in [0.4, 0.5) is 0 Å². The first-order valence-electron chi connectivity index (χ1n) is 5.33. The Morgan fingerprint density at radius 2 is 2.44 bits per heavy atom. The minimum absolute atomic E-state index is 0.183. The lowest BCUT2D eigenvalue weighted by atomic mass is 10.3. The lowest BCUT2D eigenvalue weighted by molar-refractivity contribution is -0.122. The maximum Gasteiger partial charge on any atom is 0.223 e. The zero-order valence-electron chi connectivity index (χ0n) is 8.95. The molecule has 3 nitrogen and oxygen atoms in total. The third kappa shape index (κ3) is 3.09. The summed E-state index contributed by atoms with van der Waals surface area (Å²) >= 11 is 1.62. The highest BCUT2D eigenvalue weighted by molar-refractivity contribution is 7.10. The van der Waals surface area contributed by atoms with Crippen molar-refractivity contribution < 1.29 is 4.79 Å². The van der Waals surface area contributed by atoms with Gasteiger partial charge < -0.3 is 11.1 Å². The molecule has 0 saturated heterocycles. The van der Waals surface area contributed by atoms with Crippen molar-refractivity contribution in [2.24, 2.45) is 11.7 Å². The van der Waals surface area contributed by atoms with Gasteiger partial charge in [0.2, 0.25) is 5.91 Å². The van der Waals surface area contributed by atoms with Gasteiger partial charge in [0.1, 0.15) is 0 Å². The van der Waals surface area contributed by atoms with Gasteiger partial charge in [0.15, 0.2) is 0 Å². The van der Waals surface area contributed by atoms with Gasteiger partial charge in [0.05, 0.1) is 13.1 Å². The Balaban J connectivity index is 1.84. The minimum Gasteiger partial charge on any atom is -0.351 e. The molecule has 1 aliphatic rings. The molecule has 0 unspecified atom stereocenters. The maximum absolute atomic E-state index is 11.4. The fourth-order valence-corrected chi connectivity index (χ4v) is 2.11. The van der Waals surface area contributed by atoms with E-state index in [9.17, 15) is 4.79 Å². The van der Waals surface area contributed by atoms with Crippen molar-refractivity contribution in [2.45, 2.75) is 19.4 Å². The van der Waals surface area contributed by atoms with E-state index in [1.54, 1.807) is 11.3 Å². The molecule has 0 radical (unpaired) electrons. The number of amides is 1. The van der Waals surface area contributed by atoms with E-state index in [1.807, 2.05) is 11.4 Å². The second-order valence-corrected chi connectivity index (χ2v) is 4.80. The Morgan fingerprint density at radius 1 is 1.62 bits per heavy atom. The molecular formula is C12H14N2OS. The van der Waals surface area contributed by atoms with Crippen molar-refractivity contribution in [1.82, 2.24) is 5.32 Å². The summed E-state index contributed by atoms with van der Waals surface area (Å²) in [5.41, 5.74) is 6.27. The van der Waals surface area contributed by atoms with Crippen LogP contribution in [-0.2, 0) is 11.3 Å². The summed E-state index contributed by atoms with van der Waals surface area (Å²) in [6.45, 7) is 0.994. The fraction of sp³-hybridized carbons (Fsp3) is 0.417. The Morgan fingerprint density at radius 3 is 3.12 bits per heavy atom. The van der Waals surface area contributed by atoms with Crippen LogP contribution in [0.1, 0.15) is 23.3 Å². The topological polar surface area (TPSA) is 55.1 Å². The van der Waals surface area contributed by atoms with Crippen LogP contribution in [0.2, 0.25) is 0 Å². The molecule has 0 bridgehead atoms. The summed E-state index contributed by atoms with van der Waals surface area (Å²) in [4.78, 5) is 12.5. The number of thiophene rings is 1. The van der Waals surface area contributed by atoms with Crippen LogP contribution in [0.5, 0.6) is 0 Å². The van der Waals surface area contributed by atoms with Gasteiger partial charge in [-0.3, -0.25) is 4.79 Å². The Bertz CT molecular complexity index is 437. The maximum atomic E-state index is 11.4. The van der Waals surface area contributed by atoms with Crippen LogP contribution < -0.4 is 11.1 Å². The second kappa shape index (κ2) is 5.15. The fourth-order valence-electron chi connectivity index (χ4n) is 1.36. The van der Waals surface area contributed by atoms with Crippen LogP contribution in [0, 0.1) is 17.8 Å². The molecular weight excluding hydrogens is 220 g/mol. The first-order chi connectivity index (χ1) is 7.79. The van der Waals surface area contributed by atoms with Gasteiger partial charge >= 0.3 is 0 Å². The quantitative estimate of drug-likeness (QED) is 0.769. The zero-order chi connectivity index (χ0) is 11.4. The molecule has 0 spiro atoms. The van der Waals surface area contributed by atoms with Crippen molar-refractivity contribution in [2.75, 3.05) is 6.54 Å². The van der Waals surface area contributed by atoms with E-state index in [0.717, 1.165) is 23.3 Å². The van der Waals surface area contributed by atoms with E-state index in [1.165, 1.54) is 0 Å². The van der Waals surface area contributed by atoms with Gasteiger partial charge in [0.25, 0.3) is 0 Å². The van der Waals surface area contributed by atoms with E-state index in [2.05, 4.69) is 17.2 Å². The summed E-state index contributed by atoms with van der Waals surface area (Å²) in [6, 6.07) is 2.00. The van der Waals surface area contributed by atoms with Crippen molar-refractivity contribution in [1.29, 1.82) is 0 Å². The van der Waals surface area contributed by atoms with E-state index < -0.39 is 0 Å². The van der Waals surface area contributed by atoms with Crippen LogP contribution in [0.25, 0.3) is 0 Å². The number of carbonyl (C=O) groups excluding carboxylic acids is 1. The number of nitrogens with one attached hydrogen (secondary N) is 1. The van der Waals surface area contributed by atoms with Crippen molar-refractivity contribution >= 4 is 17.2 Å². The van der Waals surface area contributed by atoms with E-state index in [4.69, 9.17) is 5.73 Å². The lowest BCUT2D eigenvalue weighted by Crippen LogP contribution is -2.23. The molecule has 1 amide bonds. The largest absolute Gasteiger partial charge is 0.351 e. The molecule has 3 N–H and O–H groups in total. The van der Waals surface area contributed by atoms with E-state index in [0.29, 0.717) is 13.1 Å². The molecule has 0 aromatic carbocycles. The first kappa shape index (κ1) is 11.2. The summed E-state index contributed by atoms with van der Waals surface area (Å²) in [5.74, 6) is 6.24. The Hall–Kier alpha value is -1.31. The lowest BCUT2D eigenvalue weighted by Gasteiger charge is -2.00. The SMILES string of the molecule is NCC#Cc1csc(CNC(=O)C2CC2)c1. The highest BCUT2D eigenvalue weighted by Crippen LogP contribution is 2.28. The number of carbonyl (C=O) groups is 1. The van der Waals surface area contributed by atoms with E-state index >= 15 is 0 Å². The van der Waals surface area contributed by atoms with Gasteiger partial charge in [-0.25, -0.2) is 0 Å². The monoisotopic (exact) mass is 234 g/mol. The van der Waals surface area contributed by atoms with Crippen LogP contribution in [0.15, 0.2) is 11.4 Å². The average Bonchev–Trinajstić information content (AvgIpc) is 3.04. The first-order valence-corrected chi connectivity index (χ1v) is 6.21. The third-order valence-electron chi connectivity index (χ3n) is 2.37. The number of nitrogens with two attached hydrogens (primary N) is 1. The predicted molar refractivity (Wildman–Crippen MR) is 64.8 cm³/mol. The molecule has 4 heteroatoms. The van der Waals surface area contributed by atoms with Gasteiger partial charge in [-0.15, -0.1) is 11.3 Å². The molecule has 1 aromatic heterocycles. The average molecular weight is 234 g/mol. The summed E-state index contributed by atoms with van der Waals surface area (Å²) in [5, 5.41) is 4.92. The second-order valence-electron chi connectivity index (χ2n) is 3.80. The highest BCUT2D eigenvalue weighted by atomic mass is 32.1. The predicted octanol–water partition coefficient (Wildman–Crippen LogP) is 1.08. The summed E-state index contributed by atoms with van der Waals surface area (Å²) < 4.78 is 0.